The summed E-state index contributed by atoms with van der Waals surface area (Å²) in [5.41, 5.74) is 2.72. The standard InChI is InChI=1S/C34H44N2O2/c1-33-20-18-27-25(14-17-30-34(27,2)21-19-31(37)36(30)3)26(33)15-16-28(33)32(38)35-29(24-12-8-5-9-13-24)22-23-10-6-4-7-11-23/h4-13,25-30H,14-22H2,1-3H3,(H,35,38)/t25-,26-,27+,28?,29?,30?,33-,34+/m0/s1. The number of hydrogen-bond acceptors (Lipinski definition) is 2. The summed E-state index contributed by atoms with van der Waals surface area (Å²) in [6.07, 6.45) is 9.36. The minimum atomic E-state index is -0.0187. The monoisotopic (exact) mass is 512 g/mol. The van der Waals surface area contributed by atoms with E-state index < -0.39 is 0 Å². The first kappa shape index (κ1) is 25.6. The van der Waals surface area contributed by atoms with Crippen molar-refractivity contribution in [3.8, 4) is 0 Å². The summed E-state index contributed by atoms with van der Waals surface area (Å²) < 4.78 is 0. The van der Waals surface area contributed by atoms with Crippen LogP contribution >= 0.6 is 0 Å². The van der Waals surface area contributed by atoms with Gasteiger partial charge in [0.1, 0.15) is 0 Å². The Balaban J connectivity index is 1.21. The number of piperidine rings is 1. The summed E-state index contributed by atoms with van der Waals surface area (Å²) >= 11 is 0. The Kier molecular flexibility index (Phi) is 6.64. The molecule has 2 aromatic rings. The summed E-state index contributed by atoms with van der Waals surface area (Å²) in [6, 6.07) is 21.4. The zero-order valence-corrected chi connectivity index (χ0v) is 23.4. The first-order valence-corrected chi connectivity index (χ1v) is 15.0. The molecule has 4 heteroatoms. The van der Waals surface area contributed by atoms with Gasteiger partial charge in [0, 0.05) is 25.4 Å². The lowest BCUT2D eigenvalue weighted by atomic mass is 9.47. The number of carbonyl (C=O) groups is 2. The highest BCUT2D eigenvalue weighted by atomic mass is 16.2. The first-order valence-electron chi connectivity index (χ1n) is 15.0. The van der Waals surface area contributed by atoms with E-state index in [4.69, 9.17) is 0 Å². The van der Waals surface area contributed by atoms with Crippen LogP contribution in [0.15, 0.2) is 60.7 Å². The van der Waals surface area contributed by atoms with Gasteiger partial charge in [-0.3, -0.25) is 9.59 Å². The molecular weight excluding hydrogens is 468 g/mol. The second-order valence-corrected chi connectivity index (χ2v) is 13.3. The van der Waals surface area contributed by atoms with Crippen molar-refractivity contribution in [1.29, 1.82) is 0 Å². The predicted molar refractivity (Wildman–Crippen MR) is 151 cm³/mol. The van der Waals surface area contributed by atoms with E-state index in [1.165, 1.54) is 30.4 Å². The van der Waals surface area contributed by atoms with Crippen LogP contribution in [0.2, 0.25) is 0 Å². The summed E-state index contributed by atoms with van der Waals surface area (Å²) in [5.74, 6) is 2.63. The Morgan fingerprint density at radius 3 is 2.32 bits per heavy atom. The van der Waals surface area contributed by atoms with E-state index in [2.05, 4.69) is 72.6 Å². The molecule has 3 unspecified atom stereocenters. The first-order chi connectivity index (χ1) is 18.3. The van der Waals surface area contributed by atoms with Crippen molar-refractivity contribution in [3.63, 3.8) is 0 Å². The largest absolute Gasteiger partial charge is 0.349 e. The smallest absolute Gasteiger partial charge is 0.224 e. The van der Waals surface area contributed by atoms with Crippen LogP contribution in [0, 0.1) is 34.5 Å². The number of benzene rings is 2. The minimum absolute atomic E-state index is 0.0187. The van der Waals surface area contributed by atoms with Crippen molar-refractivity contribution in [2.45, 2.75) is 83.7 Å². The second-order valence-electron chi connectivity index (χ2n) is 13.3. The molecule has 0 spiro atoms. The lowest BCUT2D eigenvalue weighted by Gasteiger charge is -2.61. The molecule has 4 aliphatic rings. The molecular formula is C34H44N2O2. The third-order valence-electron chi connectivity index (χ3n) is 11.7. The minimum Gasteiger partial charge on any atom is -0.349 e. The molecule has 4 fully saturated rings. The van der Waals surface area contributed by atoms with Crippen molar-refractivity contribution < 1.29 is 9.59 Å². The fraction of sp³-hybridized carbons (Fsp3) is 0.588. The summed E-state index contributed by atoms with van der Waals surface area (Å²) in [5, 5.41) is 3.53. The fourth-order valence-corrected chi connectivity index (χ4v) is 9.64. The SMILES string of the molecule is CN1C(=O)CC[C@@]2(C)C1CC[C@@H]1[C@H]2CC[C@]2(C)C(C(=O)NC(Cc3ccccc3)c3ccccc3)CC[C@@H]12. The number of rotatable bonds is 5. The summed E-state index contributed by atoms with van der Waals surface area (Å²) in [4.78, 5) is 28.6. The van der Waals surface area contributed by atoms with E-state index >= 15 is 0 Å². The number of hydrogen-bond donors (Lipinski definition) is 1. The van der Waals surface area contributed by atoms with E-state index in [-0.39, 0.29) is 28.7 Å². The van der Waals surface area contributed by atoms with Crippen LogP contribution in [0.3, 0.4) is 0 Å². The zero-order valence-electron chi connectivity index (χ0n) is 23.4. The molecule has 202 valence electrons. The lowest BCUT2D eigenvalue weighted by molar-refractivity contribution is -0.159. The van der Waals surface area contributed by atoms with Gasteiger partial charge in [-0.05, 0) is 91.1 Å². The molecule has 0 aromatic heterocycles. The normalized spacial score (nSPS) is 37.1. The molecule has 1 aliphatic heterocycles. The highest BCUT2D eigenvalue weighted by molar-refractivity contribution is 5.80. The topological polar surface area (TPSA) is 49.4 Å². The quantitative estimate of drug-likeness (QED) is 0.493. The van der Waals surface area contributed by atoms with Gasteiger partial charge in [0.15, 0.2) is 0 Å². The molecule has 2 amide bonds. The Morgan fingerprint density at radius 2 is 1.58 bits per heavy atom. The van der Waals surface area contributed by atoms with E-state index in [1.54, 1.807) is 0 Å². The predicted octanol–water partition coefficient (Wildman–Crippen LogP) is 6.57. The maximum absolute atomic E-state index is 14.1. The third-order valence-corrected chi connectivity index (χ3v) is 11.7. The summed E-state index contributed by atoms with van der Waals surface area (Å²) in [7, 11) is 2.03. The van der Waals surface area contributed by atoms with E-state index in [1.807, 2.05) is 19.2 Å². The number of likely N-dealkylation sites (tertiary alicyclic amines) is 1. The molecule has 8 atom stereocenters. The van der Waals surface area contributed by atoms with Crippen molar-refractivity contribution in [2.24, 2.45) is 34.5 Å². The van der Waals surface area contributed by atoms with Gasteiger partial charge in [0.25, 0.3) is 0 Å². The number of nitrogens with one attached hydrogen (secondary N) is 1. The molecule has 38 heavy (non-hydrogen) atoms. The van der Waals surface area contributed by atoms with Crippen LogP contribution in [0.5, 0.6) is 0 Å². The van der Waals surface area contributed by atoms with Crippen LogP contribution < -0.4 is 5.32 Å². The lowest BCUT2D eigenvalue weighted by Crippen LogP contribution is -2.61. The maximum Gasteiger partial charge on any atom is 0.224 e. The summed E-state index contributed by atoms with van der Waals surface area (Å²) in [6.45, 7) is 4.91. The van der Waals surface area contributed by atoms with Crippen LogP contribution in [0.4, 0.5) is 0 Å². The number of fused-ring (bicyclic) bond motifs is 5. The Bertz CT molecular complexity index is 1170. The van der Waals surface area contributed by atoms with Gasteiger partial charge in [-0.2, -0.15) is 0 Å². The Hall–Kier alpha value is -2.62. The Labute approximate surface area is 228 Å². The van der Waals surface area contributed by atoms with Crippen LogP contribution in [-0.2, 0) is 16.0 Å². The molecule has 3 aliphatic carbocycles. The van der Waals surface area contributed by atoms with Gasteiger partial charge in [0.2, 0.25) is 11.8 Å². The molecule has 2 aromatic carbocycles. The van der Waals surface area contributed by atoms with Crippen LogP contribution in [0.25, 0.3) is 0 Å². The zero-order chi connectivity index (χ0) is 26.5. The van der Waals surface area contributed by atoms with Gasteiger partial charge in [-0.25, -0.2) is 0 Å². The van der Waals surface area contributed by atoms with Crippen LogP contribution in [0.1, 0.15) is 82.4 Å². The molecule has 0 radical (unpaired) electrons. The fourth-order valence-electron chi connectivity index (χ4n) is 9.64. The number of nitrogens with zero attached hydrogens (tertiary/aromatic N) is 1. The van der Waals surface area contributed by atoms with Gasteiger partial charge >= 0.3 is 0 Å². The maximum atomic E-state index is 14.1. The Morgan fingerprint density at radius 1 is 0.895 bits per heavy atom. The van der Waals surface area contributed by atoms with Crippen LogP contribution in [-0.4, -0.2) is 29.8 Å². The van der Waals surface area contributed by atoms with E-state index in [0.717, 1.165) is 32.1 Å². The number of carbonyl (C=O) groups excluding carboxylic acids is 2. The van der Waals surface area contributed by atoms with Crippen molar-refractivity contribution in [3.05, 3.63) is 71.8 Å². The van der Waals surface area contributed by atoms with Crippen molar-refractivity contribution >= 4 is 11.8 Å². The average Bonchev–Trinajstić information content (AvgIpc) is 3.29. The van der Waals surface area contributed by atoms with Gasteiger partial charge in [0.05, 0.1) is 6.04 Å². The van der Waals surface area contributed by atoms with Crippen molar-refractivity contribution in [2.75, 3.05) is 7.05 Å². The molecule has 4 nitrogen and oxygen atoms in total. The van der Waals surface area contributed by atoms with E-state index in [0.29, 0.717) is 36.1 Å². The van der Waals surface area contributed by atoms with Gasteiger partial charge in [-0.15, -0.1) is 0 Å². The number of amides is 2. The molecule has 1 N–H and O–H groups in total. The molecule has 3 saturated carbocycles. The molecule has 0 bridgehead atoms. The van der Waals surface area contributed by atoms with Gasteiger partial charge in [-0.1, -0.05) is 74.5 Å². The van der Waals surface area contributed by atoms with Crippen molar-refractivity contribution in [1.82, 2.24) is 10.2 Å². The molecule has 6 rings (SSSR count). The molecule has 1 heterocycles. The molecule has 1 saturated heterocycles. The highest BCUT2D eigenvalue weighted by Crippen LogP contribution is 2.66. The third kappa shape index (κ3) is 4.19. The highest BCUT2D eigenvalue weighted by Gasteiger charge is 2.62. The van der Waals surface area contributed by atoms with E-state index in [9.17, 15) is 9.59 Å². The second kappa shape index (κ2) is 9.84. The average molecular weight is 513 g/mol. The van der Waals surface area contributed by atoms with Gasteiger partial charge < -0.3 is 10.2 Å².